The summed E-state index contributed by atoms with van der Waals surface area (Å²) in [4.78, 5) is 38.1. The van der Waals surface area contributed by atoms with Gasteiger partial charge in [0.05, 0.1) is 12.2 Å². The van der Waals surface area contributed by atoms with Crippen molar-refractivity contribution in [2.75, 3.05) is 23.8 Å². The highest BCUT2D eigenvalue weighted by atomic mass is 16.5. The number of nitrogens with zero attached hydrogens (tertiary/aromatic N) is 1. The average Bonchev–Trinajstić information content (AvgIpc) is 2.93. The molecule has 2 N–H and O–H groups in total. The van der Waals surface area contributed by atoms with Crippen LogP contribution in [0.1, 0.15) is 26.3 Å². The quantitative estimate of drug-likeness (QED) is 0.705. The highest BCUT2D eigenvalue weighted by Gasteiger charge is 2.38. The summed E-state index contributed by atoms with van der Waals surface area (Å²) in [5.41, 5.74) is 2.43. The summed E-state index contributed by atoms with van der Waals surface area (Å²) in [6.45, 7) is 5.93. The molecule has 1 aliphatic rings. The second kappa shape index (κ2) is 8.60. The Morgan fingerprint density at radius 1 is 0.931 bits per heavy atom. The van der Waals surface area contributed by atoms with E-state index in [1.165, 1.54) is 11.8 Å². The SMILES string of the molecule is CCOc1ccc(NC2=C(c3ccc(NC(C)=O)cc3)C(=O)N(CC)C2=O)cc1. The van der Waals surface area contributed by atoms with Gasteiger partial charge in [0.15, 0.2) is 0 Å². The fraction of sp³-hybridized carbons (Fsp3) is 0.227. The largest absolute Gasteiger partial charge is 0.494 e. The molecule has 1 aliphatic heterocycles. The number of hydrogen-bond donors (Lipinski definition) is 2. The summed E-state index contributed by atoms with van der Waals surface area (Å²) in [5, 5.41) is 5.78. The monoisotopic (exact) mass is 393 g/mol. The number of carbonyl (C=O) groups is 3. The van der Waals surface area contributed by atoms with Crippen LogP contribution in [0, 0.1) is 0 Å². The van der Waals surface area contributed by atoms with E-state index in [4.69, 9.17) is 4.74 Å². The van der Waals surface area contributed by atoms with Crippen molar-refractivity contribution in [3.05, 3.63) is 59.8 Å². The third kappa shape index (κ3) is 4.29. The van der Waals surface area contributed by atoms with E-state index >= 15 is 0 Å². The van der Waals surface area contributed by atoms with Gasteiger partial charge in [0.25, 0.3) is 11.8 Å². The molecular weight excluding hydrogens is 370 g/mol. The molecule has 150 valence electrons. The number of hydrogen-bond acceptors (Lipinski definition) is 5. The lowest BCUT2D eigenvalue weighted by atomic mass is 10.0. The lowest BCUT2D eigenvalue weighted by Crippen LogP contribution is -2.32. The van der Waals surface area contributed by atoms with E-state index < -0.39 is 0 Å². The van der Waals surface area contributed by atoms with Crippen molar-refractivity contribution in [2.24, 2.45) is 0 Å². The van der Waals surface area contributed by atoms with Crippen LogP contribution in [0.3, 0.4) is 0 Å². The number of carbonyl (C=O) groups excluding carboxylic acids is 3. The first-order chi connectivity index (χ1) is 13.9. The molecule has 29 heavy (non-hydrogen) atoms. The van der Waals surface area contributed by atoms with Crippen molar-refractivity contribution in [3.8, 4) is 5.75 Å². The van der Waals surface area contributed by atoms with Crippen molar-refractivity contribution >= 4 is 34.7 Å². The zero-order valence-electron chi connectivity index (χ0n) is 16.6. The van der Waals surface area contributed by atoms with Gasteiger partial charge in [-0.05, 0) is 55.8 Å². The molecule has 1 heterocycles. The third-order valence-electron chi connectivity index (χ3n) is 4.41. The fourth-order valence-corrected chi connectivity index (χ4v) is 3.12. The predicted octanol–water partition coefficient (Wildman–Crippen LogP) is 3.26. The maximum absolute atomic E-state index is 12.9. The van der Waals surface area contributed by atoms with Gasteiger partial charge in [0.2, 0.25) is 5.91 Å². The minimum atomic E-state index is -0.368. The Labute approximate surface area is 169 Å². The highest BCUT2D eigenvalue weighted by molar-refractivity contribution is 6.36. The van der Waals surface area contributed by atoms with Crippen molar-refractivity contribution < 1.29 is 19.1 Å². The standard InChI is InChI=1S/C22H23N3O4/c1-4-25-21(27)19(15-6-8-16(9-7-15)23-14(3)26)20(22(25)28)24-17-10-12-18(13-11-17)29-5-2/h6-13,24H,4-5H2,1-3H3,(H,23,26). The normalized spacial score (nSPS) is 13.7. The van der Waals surface area contributed by atoms with E-state index in [0.29, 0.717) is 29.1 Å². The Kier molecular flexibility index (Phi) is 5.97. The molecular formula is C22H23N3O4. The Hall–Kier alpha value is -3.61. The molecule has 7 nitrogen and oxygen atoms in total. The van der Waals surface area contributed by atoms with Gasteiger partial charge in [-0.1, -0.05) is 12.1 Å². The molecule has 2 aromatic carbocycles. The molecule has 0 radical (unpaired) electrons. The lowest BCUT2D eigenvalue weighted by Gasteiger charge is -2.12. The zero-order valence-corrected chi connectivity index (χ0v) is 16.6. The maximum atomic E-state index is 12.9. The number of likely N-dealkylation sites (N-methyl/N-ethyl adjacent to an activating group) is 1. The number of benzene rings is 2. The maximum Gasteiger partial charge on any atom is 0.278 e. The molecule has 0 saturated heterocycles. The van der Waals surface area contributed by atoms with E-state index in [-0.39, 0.29) is 30.0 Å². The van der Waals surface area contributed by atoms with Crippen LogP contribution in [0.4, 0.5) is 11.4 Å². The summed E-state index contributed by atoms with van der Waals surface area (Å²) >= 11 is 0. The van der Waals surface area contributed by atoms with E-state index in [1.54, 1.807) is 55.5 Å². The third-order valence-corrected chi connectivity index (χ3v) is 4.41. The molecule has 0 fully saturated rings. The van der Waals surface area contributed by atoms with Crippen molar-refractivity contribution in [1.82, 2.24) is 4.90 Å². The first-order valence-corrected chi connectivity index (χ1v) is 9.43. The van der Waals surface area contributed by atoms with Crippen molar-refractivity contribution in [2.45, 2.75) is 20.8 Å². The number of imide groups is 1. The fourth-order valence-electron chi connectivity index (χ4n) is 3.12. The lowest BCUT2D eigenvalue weighted by molar-refractivity contribution is -0.136. The molecule has 0 bridgehead atoms. The van der Waals surface area contributed by atoms with Crippen LogP contribution in [0.25, 0.3) is 5.57 Å². The Bertz CT molecular complexity index is 963. The molecule has 2 aromatic rings. The summed E-state index contributed by atoms with van der Waals surface area (Å²) in [5.74, 6) is -0.172. The molecule has 0 spiro atoms. The van der Waals surface area contributed by atoms with Crippen LogP contribution in [-0.4, -0.2) is 35.8 Å². The number of amides is 3. The Balaban J connectivity index is 1.96. The van der Waals surface area contributed by atoms with Gasteiger partial charge >= 0.3 is 0 Å². The van der Waals surface area contributed by atoms with Crippen LogP contribution in [0.2, 0.25) is 0 Å². The van der Waals surface area contributed by atoms with E-state index in [2.05, 4.69) is 10.6 Å². The average molecular weight is 393 g/mol. The minimum Gasteiger partial charge on any atom is -0.494 e. The molecule has 3 rings (SSSR count). The van der Waals surface area contributed by atoms with E-state index in [0.717, 1.165) is 5.75 Å². The number of nitrogens with one attached hydrogen (secondary N) is 2. The van der Waals surface area contributed by atoms with Gasteiger partial charge in [-0.25, -0.2) is 0 Å². The van der Waals surface area contributed by atoms with Crippen molar-refractivity contribution in [3.63, 3.8) is 0 Å². The molecule has 0 atom stereocenters. The van der Waals surface area contributed by atoms with Gasteiger partial charge in [0.1, 0.15) is 11.4 Å². The summed E-state index contributed by atoms with van der Waals surface area (Å²) in [7, 11) is 0. The predicted molar refractivity (Wildman–Crippen MR) is 111 cm³/mol. The topological polar surface area (TPSA) is 87.7 Å². The van der Waals surface area contributed by atoms with Crippen LogP contribution in [-0.2, 0) is 14.4 Å². The number of anilines is 2. The van der Waals surface area contributed by atoms with Crippen LogP contribution in [0.15, 0.2) is 54.2 Å². The summed E-state index contributed by atoms with van der Waals surface area (Å²) < 4.78 is 5.43. The molecule has 0 saturated carbocycles. The first-order valence-electron chi connectivity index (χ1n) is 9.43. The van der Waals surface area contributed by atoms with Crippen LogP contribution in [0.5, 0.6) is 5.75 Å². The number of rotatable bonds is 7. The highest BCUT2D eigenvalue weighted by Crippen LogP contribution is 2.31. The van der Waals surface area contributed by atoms with Gasteiger partial charge in [-0.15, -0.1) is 0 Å². The second-order valence-electron chi connectivity index (χ2n) is 6.45. The number of ether oxygens (including phenoxy) is 1. The second-order valence-corrected chi connectivity index (χ2v) is 6.45. The van der Waals surface area contributed by atoms with Gasteiger partial charge in [-0.2, -0.15) is 0 Å². The Morgan fingerprint density at radius 2 is 1.55 bits per heavy atom. The van der Waals surface area contributed by atoms with Gasteiger partial charge < -0.3 is 15.4 Å². The molecule has 7 heteroatoms. The minimum absolute atomic E-state index is 0.181. The van der Waals surface area contributed by atoms with Crippen LogP contribution < -0.4 is 15.4 Å². The zero-order chi connectivity index (χ0) is 21.0. The molecule has 3 amide bonds. The first kappa shape index (κ1) is 20.1. The smallest absolute Gasteiger partial charge is 0.278 e. The van der Waals surface area contributed by atoms with E-state index in [1.807, 2.05) is 6.92 Å². The van der Waals surface area contributed by atoms with E-state index in [9.17, 15) is 14.4 Å². The summed E-state index contributed by atoms with van der Waals surface area (Å²) in [6.07, 6.45) is 0. The summed E-state index contributed by atoms with van der Waals surface area (Å²) in [6, 6.07) is 14.0. The molecule has 0 unspecified atom stereocenters. The Morgan fingerprint density at radius 3 is 2.10 bits per heavy atom. The van der Waals surface area contributed by atoms with Crippen LogP contribution >= 0.6 is 0 Å². The molecule has 0 aliphatic carbocycles. The van der Waals surface area contributed by atoms with Gasteiger partial charge in [-0.3, -0.25) is 19.3 Å². The van der Waals surface area contributed by atoms with Crippen molar-refractivity contribution in [1.29, 1.82) is 0 Å². The van der Waals surface area contributed by atoms with Gasteiger partial charge in [0, 0.05) is 24.8 Å². The molecule has 0 aromatic heterocycles.